The molecule has 0 saturated carbocycles. The van der Waals surface area contributed by atoms with Crippen LogP contribution in [0.25, 0.3) is 11.5 Å². The van der Waals surface area contributed by atoms with E-state index in [4.69, 9.17) is 4.52 Å². The summed E-state index contributed by atoms with van der Waals surface area (Å²) < 4.78 is 5.26. The van der Waals surface area contributed by atoms with E-state index in [0.717, 1.165) is 22.9 Å². The zero-order valence-corrected chi connectivity index (χ0v) is 11.2. The summed E-state index contributed by atoms with van der Waals surface area (Å²) in [6.07, 6.45) is 0. The van der Waals surface area contributed by atoms with Crippen molar-refractivity contribution in [2.24, 2.45) is 0 Å². The average molecular weight is 280 g/mol. The van der Waals surface area contributed by atoms with Crippen molar-refractivity contribution in [2.45, 2.75) is 5.25 Å². The highest BCUT2D eigenvalue weighted by molar-refractivity contribution is 8.06. The van der Waals surface area contributed by atoms with Gasteiger partial charge >= 0.3 is 0 Å². The van der Waals surface area contributed by atoms with Crippen molar-refractivity contribution in [3.05, 3.63) is 30.1 Å². The molecule has 1 atom stereocenters. The Morgan fingerprint density at radius 3 is 3.06 bits per heavy atom. The Morgan fingerprint density at radius 2 is 2.28 bits per heavy atom. The molecule has 1 unspecified atom stereocenters. The second kappa shape index (κ2) is 5.24. The number of hydrogen-bond donors (Lipinski definition) is 1. The molecule has 1 aromatic heterocycles. The van der Waals surface area contributed by atoms with Crippen LogP contribution in [-0.4, -0.2) is 32.5 Å². The smallest absolute Gasteiger partial charge is 0.258 e. The minimum atomic E-state index is 0.204. The lowest BCUT2D eigenvalue weighted by molar-refractivity contribution is 0.422. The summed E-state index contributed by atoms with van der Waals surface area (Å²) in [6, 6.07) is 6.86. The number of aromatic nitrogens is 2. The Hall–Kier alpha value is -1.14. The van der Waals surface area contributed by atoms with Crippen molar-refractivity contribution >= 4 is 23.5 Å². The van der Waals surface area contributed by atoms with E-state index in [2.05, 4.69) is 10.1 Å². The maximum Gasteiger partial charge on any atom is 0.258 e. The number of nitrogens with zero attached hydrogens (tertiary/aromatic N) is 2. The summed E-state index contributed by atoms with van der Waals surface area (Å²) >= 11 is 3.80. The van der Waals surface area contributed by atoms with Gasteiger partial charge in [-0.2, -0.15) is 16.7 Å². The largest absolute Gasteiger partial charge is 0.508 e. The maximum absolute atomic E-state index is 9.43. The lowest BCUT2D eigenvalue weighted by Gasteiger charge is -2.16. The molecular weight excluding hydrogens is 268 g/mol. The van der Waals surface area contributed by atoms with Gasteiger partial charge in [0.25, 0.3) is 5.89 Å². The Balaban J connectivity index is 1.84. The molecule has 0 bridgehead atoms. The Bertz CT molecular complexity index is 538. The quantitative estimate of drug-likeness (QED) is 0.912. The van der Waals surface area contributed by atoms with Crippen LogP contribution in [0.2, 0.25) is 0 Å². The standard InChI is InChI=1S/C12H12N2O2S2/c15-9-3-1-2-8(6-9)12-13-11(14-16-12)10-7-17-4-5-18-10/h1-3,6,10,15H,4-5,7H2. The molecule has 0 radical (unpaired) electrons. The Kier molecular flexibility index (Phi) is 3.47. The number of phenols is 1. The zero-order valence-electron chi connectivity index (χ0n) is 9.57. The molecule has 2 heterocycles. The topological polar surface area (TPSA) is 59.2 Å². The summed E-state index contributed by atoms with van der Waals surface area (Å²) in [4.78, 5) is 4.42. The first-order valence-corrected chi connectivity index (χ1v) is 7.85. The lowest BCUT2D eigenvalue weighted by Crippen LogP contribution is -2.07. The molecule has 1 saturated heterocycles. The van der Waals surface area contributed by atoms with E-state index in [1.807, 2.05) is 29.6 Å². The molecule has 0 amide bonds. The molecule has 94 valence electrons. The highest BCUT2D eigenvalue weighted by atomic mass is 32.2. The van der Waals surface area contributed by atoms with Crippen LogP contribution in [0.15, 0.2) is 28.8 Å². The van der Waals surface area contributed by atoms with Crippen molar-refractivity contribution in [1.82, 2.24) is 10.1 Å². The van der Waals surface area contributed by atoms with Gasteiger partial charge in [-0.05, 0) is 18.2 Å². The third kappa shape index (κ3) is 2.49. The maximum atomic E-state index is 9.43. The number of hydrogen-bond acceptors (Lipinski definition) is 6. The normalized spacial score (nSPS) is 19.9. The molecular formula is C12H12N2O2S2. The predicted molar refractivity (Wildman–Crippen MR) is 73.9 cm³/mol. The Morgan fingerprint density at radius 1 is 1.33 bits per heavy atom. The van der Waals surface area contributed by atoms with Crippen molar-refractivity contribution in [1.29, 1.82) is 0 Å². The van der Waals surface area contributed by atoms with Crippen molar-refractivity contribution in [3.63, 3.8) is 0 Å². The van der Waals surface area contributed by atoms with E-state index in [-0.39, 0.29) is 5.75 Å². The molecule has 1 fully saturated rings. The number of phenolic OH excluding ortho intramolecular Hbond substituents is 1. The Labute approximate surface area is 113 Å². The van der Waals surface area contributed by atoms with Gasteiger partial charge in [0.05, 0.1) is 5.25 Å². The van der Waals surface area contributed by atoms with Gasteiger partial charge in [-0.3, -0.25) is 0 Å². The van der Waals surface area contributed by atoms with Crippen LogP contribution >= 0.6 is 23.5 Å². The highest BCUT2D eigenvalue weighted by Gasteiger charge is 2.22. The van der Waals surface area contributed by atoms with E-state index in [1.54, 1.807) is 18.2 Å². The van der Waals surface area contributed by atoms with Gasteiger partial charge < -0.3 is 9.63 Å². The van der Waals surface area contributed by atoms with E-state index < -0.39 is 0 Å². The number of rotatable bonds is 2. The van der Waals surface area contributed by atoms with Crippen molar-refractivity contribution in [3.8, 4) is 17.2 Å². The number of benzene rings is 1. The molecule has 3 rings (SSSR count). The van der Waals surface area contributed by atoms with Crippen LogP contribution in [0.5, 0.6) is 5.75 Å². The van der Waals surface area contributed by atoms with E-state index in [0.29, 0.717) is 11.1 Å². The minimum absolute atomic E-state index is 0.204. The first-order chi connectivity index (χ1) is 8.83. The highest BCUT2D eigenvalue weighted by Crippen LogP contribution is 2.36. The van der Waals surface area contributed by atoms with Gasteiger partial charge in [0, 0.05) is 22.8 Å². The first kappa shape index (κ1) is 11.9. The summed E-state index contributed by atoms with van der Waals surface area (Å²) in [7, 11) is 0. The van der Waals surface area contributed by atoms with Crippen LogP contribution in [-0.2, 0) is 0 Å². The third-order valence-electron chi connectivity index (χ3n) is 2.64. The van der Waals surface area contributed by atoms with Crippen molar-refractivity contribution < 1.29 is 9.63 Å². The summed E-state index contributed by atoms with van der Waals surface area (Å²) in [5.74, 6) is 4.78. The molecule has 4 nitrogen and oxygen atoms in total. The molecule has 1 N–H and O–H groups in total. The molecule has 0 spiro atoms. The number of thioether (sulfide) groups is 2. The van der Waals surface area contributed by atoms with Crippen LogP contribution in [0.3, 0.4) is 0 Å². The summed E-state index contributed by atoms with van der Waals surface area (Å²) in [5.41, 5.74) is 0.752. The summed E-state index contributed by atoms with van der Waals surface area (Å²) in [6.45, 7) is 0. The van der Waals surface area contributed by atoms with Gasteiger partial charge in [0.15, 0.2) is 5.82 Å². The van der Waals surface area contributed by atoms with Gasteiger partial charge in [0.2, 0.25) is 0 Å². The SMILES string of the molecule is Oc1cccc(-c2nc(C3CSCCS3)no2)c1. The van der Waals surface area contributed by atoms with Gasteiger partial charge in [-0.15, -0.1) is 11.8 Å². The summed E-state index contributed by atoms with van der Waals surface area (Å²) in [5, 5.41) is 13.8. The number of aromatic hydroxyl groups is 1. The van der Waals surface area contributed by atoms with Gasteiger partial charge in [-0.25, -0.2) is 0 Å². The molecule has 1 aliphatic heterocycles. The molecule has 18 heavy (non-hydrogen) atoms. The van der Waals surface area contributed by atoms with Gasteiger partial charge in [-0.1, -0.05) is 11.2 Å². The fourth-order valence-electron chi connectivity index (χ4n) is 1.76. The second-order valence-corrected chi connectivity index (χ2v) is 6.40. The van der Waals surface area contributed by atoms with Crippen LogP contribution < -0.4 is 0 Å². The zero-order chi connectivity index (χ0) is 12.4. The van der Waals surface area contributed by atoms with E-state index in [9.17, 15) is 5.11 Å². The third-order valence-corrected chi connectivity index (χ3v) is 5.39. The fourth-order valence-corrected chi connectivity index (χ4v) is 4.35. The van der Waals surface area contributed by atoms with Crippen molar-refractivity contribution in [2.75, 3.05) is 17.3 Å². The van der Waals surface area contributed by atoms with Crippen LogP contribution in [0, 0.1) is 0 Å². The van der Waals surface area contributed by atoms with E-state index in [1.165, 1.54) is 5.75 Å². The van der Waals surface area contributed by atoms with Gasteiger partial charge in [0.1, 0.15) is 5.75 Å². The molecule has 1 aromatic carbocycles. The lowest BCUT2D eigenvalue weighted by atomic mass is 10.2. The predicted octanol–water partition coefficient (Wildman–Crippen LogP) is 2.96. The first-order valence-electron chi connectivity index (χ1n) is 5.65. The monoisotopic (exact) mass is 280 g/mol. The molecule has 2 aromatic rings. The van der Waals surface area contributed by atoms with E-state index >= 15 is 0 Å². The fraction of sp³-hybridized carbons (Fsp3) is 0.333. The van der Waals surface area contributed by atoms with Crippen LogP contribution in [0.4, 0.5) is 0 Å². The minimum Gasteiger partial charge on any atom is -0.508 e. The van der Waals surface area contributed by atoms with Crippen LogP contribution in [0.1, 0.15) is 11.1 Å². The average Bonchev–Trinajstić information content (AvgIpc) is 2.89. The molecule has 1 aliphatic rings. The molecule has 0 aliphatic carbocycles. The molecule has 6 heteroatoms. The second-order valence-electron chi connectivity index (χ2n) is 3.94.